The number of carbonyl (C=O) groups excluding carboxylic acids is 2. The third kappa shape index (κ3) is 5.78. The van der Waals surface area contributed by atoms with Gasteiger partial charge in [0.05, 0.1) is 11.1 Å². The number of hydrogen-bond donors (Lipinski definition) is 1. The first kappa shape index (κ1) is 24.5. The van der Waals surface area contributed by atoms with E-state index in [0.29, 0.717) is 23.5 Å². The highest BCUT2D eigenvalue weighted by Gasteiger charge is 2.26. The van der Waals surface area contributed by atoms with Crippen LogP contribution < -0.4 is 10.1 Å². The van der Waals surface area contributed by atoms with Crippen molar-refractivity contribution in [1.29, 1.82) is 0 Å². The fourth-order valence-corrected chi connectivity index (χ4v) is 4.62. The quantitative estimate of drug-likeness (QED) is 0.321. The van der Waals surface area contributed by atoms with Crippen molar-refractivity contribution in [2.75, 3.05) is 25.0 Å². The van der Waals surface area contributed by atoms with Crippen molar-refractivity contribution in [3.63, 3.8) is 0 Å². The predicted molar refractivity (Wildman–Crippen MR) is 143 cm³/mol. The Morgan fingerprint density at radius 1 is 0.946 bits per heavy atom. The molecule has 1 aliphatic heterocycles. The molecule has 2 heterocycles. The monoisotopic (exact) mass is 495 g/mol. The van der Waals surface area contributed by atoms with Crippen LogP contribution in [-0.4, -0.2) is 41.5 Å². The van der Waals surface area contributed by atoms with E-state index in [9.17, 15) is 9.59 Å². The van der Waals surface area contributed by atoms with Gasteiger partial charge in [-0.1, -0.05) is 43.3 Å². The van der Waals surface area contributed by atoms with E-state index in [-0.39, 0.29) is 6.61 Å². The molecule has 37 heavy (non-hydrogen) atoms. The molecule has 1 aromatic heterocycles. The molecule has 7 nitrogen and oxygen atoms in total. The summed E-state index contributed by atoms with van der Waals surface area (Å²) in [5.74, 6) is 0.469. The zero-order valence-corrected chi connectivity index (χ0v) is 20.8. The topological polar surface area (TPSA) is 80.8 Å². The zero-order chi connectivity index (χ0) is 25.6. The number of esters is 1. The lowest BCUT2D eigenvalue weighted by Crippen LogP contribution is -2.33. The maximum atomic E-state index is 13.3. The molecule has 0 fully saturated rings. The van der Waals surface area contributed by atoms with Crippen molar-refractivity contribution >= 4 is 28.5 Å². The molecule has 0 unspecified atom stereocenters. The number of amides is 1. The summed E-state index contributed by atoms with van der Waals surface area (Å²) in [6.45, 7) is 4.28. The van der Waals surface area contributed by atoms with Gasteiger partial charge in [0.1, 0.15) is 11.5 Å². The Bertz CT molecular complexity index is 1400. The summed E-state index contributed by atoms with van der Waals surface area (Å²) in [5.41, 5.74) is 3.69. The van der Waals surface area contributed by atoms with Crippen LogP contribution in [0.4, 0.5) is 5.69 Å². The van der Waals surface area contributed by atoms with E-state index in [4.69, 9.17) is 14.5 Å². The molecule has 5 rings (SSSR count). The van der Waals surface area contributed by atoms with Gasteiger partial charge in [0.2, 0.25) is 0 Å². The third-order valence-electron chi connectivity index (χ3n) is 6.32. The first-order valence-electron chi connectivity index (χ1n) is 12.5. The number of para-hydroxylation sites is 2. The van der Waals surface area contributed by atoms with Gasteiger partial charge >= 0.3 is 5.97 Å². The van der Waals surface area contributed by atoms with E-state index in [1.54, 1.807) is 24.3 Å². The van der Waals surface area contributed by atoms with Crippen LogP contribution in [0.1, 0.15) is 35.0 Å². The van der Waals surface area contributed by atoms with Gasteiger partial charge < -0.3 is 14.8 Å². The minimum atomic E-state index is -0.505. The summed E-state index contributed by atoms with van der Waals surface area (Å²) in [6, 6.07) is 24.1. The Kier molecular flexibility index (Phi) is 7.42. The Morgan fingerprint density at radius 2 is 1.68 bits per heavy atom. The minimum absolute atomic E-state index is 0.384. The van der Waals surface area contributed by atoms with Gasteiger partial charge in [0.15, 0.2) is 6.61 Å². The number of hydrogen-bond acceptors (Lipinski definition) is 6. The number of anilines is 1. The SMILES string of the molecule is CCCN1CCc2nc3ccccc3c(C(=O)OCC(=O)Nc3ccc(Oc4ccccc4)cc3)c2C1. The highest BCUT2D eigenvalue weighted by Crippen LogP contribution is 2.29. The van der Waals surface area contributed by atoms with Crippen LogP contribution in [0, 0.1) is 0 Å². The van der Waals surface area contributed by atoms with Crippen LogP contribution in [0.2, 0.25) is 0 Å². The summed E-state index contributed by atoms with van der Waals surface area (Å²) in [7, 11) is 0. The molecule has 1 aliphatic rings. The van der Waals surface area contributed by atoms with Crippen LogP contribution in [-0.2, 0) is 22.5 Å². The summed E-state index contributed by atoms with van der Waals surface area (Å²) >= 11 is 0. The number of rotatable bonds is 8. The second-order valence-electron chi connectivity index (χ2n) is 9.02. The van der Waals surface area contributed by atoms with Crippen LogP contribution in [0.3, 0.4) is 0 Å². The third-order valence-corrected chi connectivity index (χ3v) is 6.32. The molecule has 1 N–H and O–H groups in total. The molecule has 7 heteroatoms. The number of aromatic nitrogens is 1. The summed E-state index contributed by atoms with van der Waals surface area (Å²) in [6.07, 6.45) is 1.82. The lowest BCUT2D eigenvalue weighted by Gasteiger charge is -2.29. The standard InChI is InChI=1S/C30H29N3O4/c1-2-17-33-18-16-27-25(19-33)29(24-10-6-7-11-26(24)32-27)30(35)36-20-28(34)31-21-12-14-23(15-13-21)37-22-8-4-3-5-9-22/h3-15H,2,16-20H2,1H3,(H,31,34). The average molecular weight is 496 g/mol. The van der Waals surface area contributed by atoms with E-state index in [2.05, 4.69) is 17.1 Å². The molecule has 188 valence electrons. The molecule has 0 bridgehead atoms. The van der Waals surface area contributed by atoms with Gasteiger partial charge in [-0.2, -0.15) is 0 Å². The number of nitrogens with zero attached hydrogens (tertiary/aromatic N) is 2. The zero-order valence-electron chi connectivity index (χ0n) is 20.8. The van der Waals surface area contributed by atoms with Gasteiger partial charge in [-0.25, -0.2) is 4.79 Å². The molecule has 0 aliphatic carbocycles. The van der Waals surface area contributed by atoms with Crippen LogP contribution in [0.15, 0.2) is 78.9 Å². The van der Waals surface area contributed by atoms with Gasteiger partial charge in [-0.05, 0) is 55.4 Å². The van der Waals surface area contributed by atoms with E-state index >= 15 is 0 Å². The molecule has 4 aromatic rings. The smallest absolute Gasteiger partial charge is 0.339 e. The van der Waals surface area contributed by atoms with Crippen molar-refractivity contribution in [1.82, 2.24) is 9.88 Å². The van der Waals surface area contributed by atoms with Crippen molar-refractivity contribution < 1.29 is 19.1 Å². The van der Waals surface area contributed by atoms with Gasteiger partial charge in [-0.3, -0.25) is 14.7 Å². The molecule has 1 amide bonds. The second kappa shape index (κ2) is 11.2. The second-order valence-corrected chi connectivity index (χ2v) is 9.02. The molecular weight excluding hydrogens is 466 g/mol. The van der Waals surface area contributed by atoms with Crippen molar-refractivity contribution in [2.24, 2.45) is 0 Å². The van der Waals surface area contributed by atoms with Gasteiger partial charge in [-0.15, -0.1) is 0 Å². The Hall–Kier alpha value is -4.23. The van der Waals surface area contributed by atoms with Gasteiger partial charge in [0.25, 0.3) is 5.91 Å². The molecule has 0 radical (unpaired) electrons. The molecule has 3 aromatic carbocycles. The van der Waals surface area contributed by atoms with E-state index < -0.39 is 11.9 Å². The minimum Gasteiger partial charge on any atom is -0.457 e. The molecular formula is C30H29N3O4. The highest BCUT2D eigenvalue weighted by molar-refractivity contribution is 6.06. The molecule has 0 spiro atoms. The molecule has 0 atom stereocenters. The first-order valence-corrected chi connectivity index (χ1v) is 12.5. The number of ether oxygens (including phenoxy) is 2. The number of nitrogens with one attached hydrogen (secondary N) is 1. The lowest BCUT2D eigenvalue weighted by molar-refractivity contribution is -0.119. The van der Waals surface area contributed by atoms with Crippen LogP contribution in [0.25, 0.3) is 10.9 Å². The summed E-state index contributed by atoms with van der Waals surface area (Å²) < 4.78 is 11.3. The first-order chi connectivity index (χ1) is 18.1. The fraction of sp³-hybridized carbons (Fsp3) is 0.233. The summed E-state index contributed by atoms with van der Waals surface area (Å²) in [4.78, 5) is 33.0. The van der Waals surface area contributed by atoms with Crippen LogP contribution >= 0.6 is 0 Å². The van der Waals surface area contributed by atoms with Crippen molar-refractivity contribution in [3.05, 3.63) is 95.7 Å². The molecule has 0 saturated carbocycles. The predicted octanol–water partition coefficient (Wildman–Crippen LogP) is 5.59. The average Bonchev–Trinajstić information content (AvgIpc) is 2.92. The number of fused-ring (bicyclic) bond motifs is 2. The van der Waals surface area contributed by atoms with E-state index in [1.165, 1.54) is 0 Å². The summed E-state index contributed by atoms with van der Waals surface area (Å²) in [5, 5.41) is 3.52. The largest absolute Gasteiger partial charge is 0.457 e. The Labute approximate surface area is 216 Å². The van der Waals surface area contributed by atoms with Gasteiger partial charge in [0, 0.05) is 41.8 Å². The number of pyridine rings is 1. The highest BCUT2D eigenvalue weighted by atomic mass is 16.5. The Balaban J connectivity index is 1.26. The van der Waals surface area contributed by atoms with Crippen molar-refractivity contribution in [2.45, 2.75) is 26.3 Å². The molecule has 0 saturated heterocycles. The van der Waals surface area contributed by atoms with Crippen LogP contribution in [0.5, 0.6) is 11.5 Å². The fourth-order valence-electron chi connectivity index (χ4n) is 4.62. The Morgan fingerprint density at radius 3 is 2.46 bits per heavy atom. The maximum Gasteiger partial charge on any atom is 0.339 e. The lowest BCUT2D eigenvalue weighted by atomic mass is 9.95. The van der Waals surface area contributed by atoms with Crippen molar-refractivity contribution in [3.8, 4) is 11.5 Å². The maximum absolute atomic E-state index is 13.3. The normalized spacial score (nSPS) is 13.1. The van der Waals surface area contributed by atoms with E-state index in [1.807, 2.05) is 54.6 Å². The van der Waals surface area contributed by atoms with E-state index in [0.717, 1.165) is 53.8 Å². The number of carbonyl (C=O) groups is 2. The number of benzene rings is 3.